The first kappa shape index (κ1) is 13.2. The van der Waals surface area contributed by atoms with Crippen molar-refractivity contribution in [1.29, 1.82) is 0 Å². The highest BCUT2D eigenvalue weighted by Crippen LogP contribution is 2.27. The molecule has 0 radical (unpaired) electrons. The Hall–Kier alpha value is -1.76. The van der Waals surface area contributed by atoms with Crippen LogP contribution in [-0.4, -0.2) is 29.6 Å². The maximum atomic E-state index is 4.67. The van der Waals surface area contributed by atoms with Gasteiger partial charge in [0.05, 0.1) is 11.4 Å². The molecule has 0 atom stereocenters. The number of aryl methyl sites for hydroxylation is 2. The van der Waals surface area contributed by atoms with Gasteiger partial charge in [-0.1, -0.05) is 32.1 Å². The lowest BCUT2D eigenvalue weighted by Crippen LogP contribution is -2.02. The van der Waals surface area contributed by atoms with Crippen LogP contribution in [0.2, 0.25) is 0 Å². The maximum Gasteiger partial charge on any atom is 0.235 e. The monoisotopic (exact) mass is 290 g/mol. The Morgan fingerprint density at radius 3 is 2.75 bits per heavy atom. The van der Waals surface area contributed by atoms with Crippen molar-refractivity contribution in [2.24, 2.45) is 0 Å². The van der Waals surface area contributed by atoms with E-state index in [0.29, 0.717) is 5.92 Å². The first-order valence-electron chi connectivity index (χ1n) is 6.87. The van der Waals surface area contributed by atoms with Gasteiger partial charge in [-0.15, -0.1) is 10.2 Å². The molecule has 0 saturated heterocycles. The molecule has 0 bridgehead atoms. The zero-order valence-electron chi connectivity index (χ0n) is 12.2. The van der Waals surface area contributed by atoms with E-state index in [2.05, 4.69) is 47.2 Å². The first-order chi connectivity index (χ1) is 9.60. The number of hydrogen-bond acceptors (Lipinski definition) is 5. The van der Waals surface area contributed by atoms with Crippen LogP contribution in [0, 0.1) is 6.92 Å². The molecule has 0 amide bonds. The lowest BCUT2D eigenvalue weighted by atomic mass is 10.2. The van der Waals surface area contributed by atoms with Crippen molar-refractivity contribution in [3.63, 3.8) is 0 Å². The van der Waals surface area contributed by atoms with Crippen LogP contribution in [0.5, 0.6) is 0 Å². The summed E-state index contributed by atoms with van der Waals surface area (Å²) in [5.74, 6) is 1.21. The molecule has 0 aliphatic heterocycles. The van der Waals surface area contributed by atoms with Crippen molar-refractivity contribution in [1.82, 2.24) is 29.6 Å². The summed E-state index contributed by atoms with van der Waals surface area (Å²) in [6, 6.07) is 2.08. The summed E-state index contributed by atoms with van der Waals surface area (Å²) in [5.41, 5.74) is 2.08. The number of fused-ring (bicyclic) bond motifs is 1. The van der Waals surface area contributed by atoms with Crippen molar-refractivity contribution < 1.29 is 0 Å². The van der Waals surface area contributed by atoms with Crippen LogP contribution in [0.25, 0.3) is 15.7 Å². The molecule has 0 N–H and O–H groups in total. The molecule has 0 fully saturated rings. The van der Waals surface area contributed by atoms with E-state index in [1.165, 1.54) is 0 Å². The molecule has 0 saturated carbocycles. The third-order valence-electron chi connectivity index (χ3n) is 3.09. The fraction of sp³-hybridized carbons (Fsp3) is 0.538. The third kappa shape index (κ3) is 2.11. The minimum absolute atomic E-state index is 0.308. The van der Waals surface area contributed by atoms with E-state index in [1.807, 2.05) is 16.1 Å². The molecule has 6 nitrogen and oxygen atoms in total. The van der Waals surface area contributed by atoms with E-state index in [0.717, 1.165) is 40.1 Å². The van der Waals surface area contributed by atoms with Gasteiger partial charge in [-0.3, -0.25) is 4.68 Å². The number of aromatic nitrogens is 6. The summed E-state index contributed by atoms with van der Waals surface area (Å²) in [4.78, 5) is 0.839. The molecule has 0 spiro atoms. The van der Waals surface area contributed by atoms with E-state index in [4.69, 9.17) is 0 Å². The van der Waals surface area contributed by atoms with Crippen molar-refractivity contribution in [2.75, 3.05) is 0 Å². The van der Waals surface area contributed by atoms with Gasteiger partial charge in [0.1, 0.15) is 0 Å². The maximum absolute atomic E-state index is 4.67. The van der Waals surface area contributed by atoms with E-state index in [9.17, 15) is 0 Å². The van der Waals surface area contributed by atoms with Gasteiger partial charge in [-0.25, -0.2) is 0 Å². The van der Waals surface area contributed by atoms with Crippen molar-refractivity contribution in [3.8, 4) is 10.7 Å². The van der Waals surface area contributed by atoms with Crippen LogP contribution in [0.15, 0.2) is 6.07 Å². The first-order valence-corrected chi connectivity index (χ1v) is 7.68. The molecule has 0 aliphatic carbocycles. The molecule has 7 heteroatoms. The predicted molar refractivity (Wildman–Crippen MR) is 79.0 cm³/mol. The molecule has 20 heavy (non-hydrogen) atoms. The van der Waals surface area contributed by atoms with Crippen molar-refractivity contribution >= 4 is 16.3 Å². The second-order valence-corrected chi connectivity index (χ2v) is 6.16. The quantitative estimate of drug-likeness (QED) is 0.741. The molecule has 0 aliphatic rings. The lowest BCUT2D eigenvalue weighted by molar-refractivity contribution is 0.603. The van der Waals surface area contributed by atoms with E-state index < -0.39 is 0 Å². The zero-order valence-corrected chi connectivity index (χ0v) is 13.0. The Bertz CT molecular complexity index is 735. The Labute approximate surface area is 121 Å². The highest BCUT2D eigenvalue weighted by molar-refractivity contribution is 7.19. The molecular formula is C13H18N6S. The van der Waals surface area contributed by atoms with Gasteiger partial charge >= 0.3 is 0 Å². The minimum Gasteiger partial charge on any atom is -0.262 e. The van der Waals surface area contributed by atoms with Crippen LogP contribution in [0.1, 0.15) is 44.6 Å². The van der Waals surface area contributed by atoms with Gasteiger partial charge in [0.15, 0.2) is 10.8 Å². The average Bonchev–Trinajstić information content (AvgIpc) is 3.01. The highest BCUT2D eigenvalue weighted by Gasteiger charge is 2.17. The summed E-state index contributed by atoms with van der Waals surface area (Å²) in [5, 5.41) is 18.5. The second-order valence-electron chi connectivity index (χ2n) is 5.21. The second kappa shape index (κ2) is 4.97. The van der Waals surface area contributed by atoms with Crippen LogP contribution in [0.3, 0.4) is 0 Å². The molecule has 0 unspecified atom stereocenters. The molecule has 0 aromatic carbocycles. The zero-order chi connectivity index (χ0) is 14.3. The molecule has 3 heterocycles. The molecular weight excluding hydrogens is 272 g/mol. The molecule has 3 aromatic heterocycles. The number of hydrogen-bond donors (Lipinski definition) is 0. The van der Waals surface area contributed by atoms with Gasteiger partial charge in [-0.2, -0.15) is 14.7 Å². The Balaban J connectivity index is 2.10. The van der Waals surface area contributed by atoms with Crippen LogP contribution in [0.4, 0.5) is 0 Å². The SMILES string of the molecule is CCCn1nc(C)cc1-c1nn2c(C(C)C)nnc2s1. The lowest BCUT2D eigenvalue weighted by Gasteiger charge is -2.02. The minimum atomic E-state index is 0.308. The van der Waals surface area contributed by atoms with E-state index in [-0.39, 0.29) is 0 Å². The molecule has 3 aromatic rings. The Morgan fingerprint density at radius 1 is 1.25 bits per heavy atom. The van der Waals surface area contributed by atoms with Crippen LogP contribution >= 0.6 is 11.3 Å². The van der Waals surface area contributed by atoms with Gasteiger partial charge in [0.25, 0.3) is 0 Å². The highest BCUT2D eigenvalue weighted by atomic mass is 32.1. The summed E-state index contributed by atoms with van der Waals surface area (Å²) in [6.07, 6.45) is 1.05. The van der Waals surface area contributed by atoms with Crippen LogP contribution < -0.4 is 0 Å². The Morgan fingerprint density at radius 2 is 2.05 bits per heavy atom. The summed E-state index contributed by atoms with van der Waals surface area (Å²) >= 11 is 1.56. The van der Waals surface area contributed by atoms with Gasteiger partial charge < -0.3 is 0 Å². The Kier molecular flexibility index (Phi) is 3.29. The number of rotatable bonds is 4. The van der Waals surface area contributed by atoms with Crippen LogP contribution in [-0.2, 0) is 6.54 Å². The molecule has 106 valence electrons. The summed E-state index contributed by atoms with van der Waals surface area (Å²) in [6.45, 7) is 9.26. The van der Waals surface area contributed by atoms with Crippen molar-refractivity contribution in [2.45, 2.75) is 46.6 Å². The normalized spacial score (nSPS) is 11.8. The third-order valence-corrected chi connectivity index (χ3v) is 4.01. The van der Waals surface area contributed by atoms with Crippen molar-refractivity contribution in [3.05, 3.63) is 17.6 Å². The van der Waals surface area contributed by atoms with E-state index in [1.54, 1.807) is 11.3 Å². The average molecular weight is 290 g/mol. The van der Waals surface area contributed by atoms with Gasteiger partial charge in [-0.05, 0) is 19.4 Å². The number of nitrogens with zero attached hydrogens (tertiary/aromatic N) is 6. The smallest absolute Gasteiger partial charge is 0.235 e. The topological polar surface area (TPSA) is 60.9 Å². The molecule has 3 rings (SSSR count). The fourth-order valence-corrected chi connectivity index (χ4v) is 3.06. The largest absolute Gasteiger partial charge is 0.262 e. The fourth-order valence-electron chi connectivity index (χ4n) is 2.20. The standard InChI is InChI=1S/C13H18N6S/c1-5-6-18-10(7-9(4)16-18)12-17-19-11(8(2)3)14-15-13(19)20-12/h7-8H,5-6H2,1-4H3. The van der Waals surface area contributed by atoms with Gasteiger partial charge in [0, 0.05) is 12.5 Å². The van der Waals surface area contributed by atoms with Gasteiger partial charge in [0.2, 0.25) is 4.96 Å². The van der Waals surface area contributed by atoms with E-state index >= 15 is 0 Å². The predicted octanol–water partition coefficient (Wildman–Crippen LogP) is 2.89. The summed E-state index contributed by atoms with van der Waals surface area (Å²) < 4.78 is 3.87. The summed E-state index contributed by atoms with van der Waals surface area (Å²) in [7, 11) is 0.